The van der Waals surface area contributed by atoms with E-state index in [1.54, 1.807) is 48.5 Å². The van der Waals surface area contributed by atoms with Crippen LogP contribution in [-0.4, -0.2) is 142 Å². The molecule has 0 radical (unpaired) electrons. The van der Waals surface area contributed by atoms with Crippen LogP contribution < -0.4 is 4.90 Å². The molecule has 1 fully saturated rings. The number of hydrogen-bond acceptors (Lipinski definition) is 14. The zero-order valence-electron chi connectivity index (χ0n) is 51.2. The van der Waals surface area contributed by atoms with Gasteiger partial charge in [-0.25, -0.2) is 4.79 Å². The number of alkyl halides is 3. The Balaban J connectivity index is -0.000000208. The number of carboxylic acids is 9. The lowest BCUT2D eigenvalue weighted by Crippen LogP contribution is -2.41. The van der Waals surface area contributed by atoms with E-state index < -0.39 is 99.8 Å². The molecule has 1 heterocycles. The number of carboxylic acid groups (broad SMARTS) is 9. The number of amides is 2. The summed E-state index contributed by atoms with van der Waals surface area (Å²) in [4.78, 5) is 128. The van der Waals surface area contributed by atoms with Crippen molar-refractivity contribution in [1.82, 2.24) is 0 Å². The number of imide groups is 1. The average molecular weight is 1200 g/mol. The van der Waals surface area contributed by atoms with E-state index in [1.165, 1.54) is 66.0 Å². The summed E-state index contributed by atoms with van der Waals surface area (Å²) >= 11 is 0. The Morgan fingerprint density at radius 2 is 0.904 bits per heavy atom. The second-order valence-corrected chi connectivity index (χ2v) is 21.3. The highest BCUT2D eigenvalue weighted by atomic mass is 19.4. The van der Waals surface area contributed by atoms with Gasteiger partial charge < -0.3 is 55.8 Å². The lowest BCUT2D eigenvalue weighted by Gasteiger charge is -2.25. The van der Waals surface area contributed by atoms with E-state index in [1.807, 2.05) is 34.6 Å². The molecule has 24 nitrogen and oxygen atoms in total. The third-order valence-corrected chi connectivity index (χ3v) is 14.3. The van der Waals surface area contributed by atoms with Gasteiger partial charge in [-0.3, -0.25) is 57.6 Å². The molecule has 0 saturated carbocycles. The highest BCUT2D eigenvalue weighted by Gasteiger charge is 2.55. The van der Waals surface area contributed by atoms with Crippen molar-refractivity contribution in [2.75, 3.05) is 18.6 Å². The SMILES string of the molecule is CC(C(=O)O)C(C)C(=O)O.CC1C(=O)N(c2ccc(C(=O)O)cc2)C(=O)C1C.CCC(C)(C(=O)O)C(F)(F)F.CCC(C)(C)C(=O)O.CCC(C)(C)C(=O)OC.CCC(C)(CC(=O)O)C(=O)O.CCC(C)(CO)C(=O)O.CCC(C)C(=O)O. The van der Waals surface area contributed by atoms with Crippen LogP contribution in [0.1, 0.15) is 180 Å². The van der Waals surface area contributed by atoms with E-state index in [9.17, 15) is 70.7 Å². The van der Waals surface area contributed by atoms with Crippen LogP contribution in [-0.2, 0) is 57.5 Å². The molecule has 480 valence electrons. The zero-order chi connectivity index (χ0) is 67.7. The first-order valence-corrected chi connectivity index (χ1v) is 26.2. The molecule has 10 N–H and O–H groups in total. The monoisotopic (exact) mass is 1200 g/mol. The minimum Gasteiger partial charge on any atom is -0.481 e. The molecular weight excluding hydrogens is 1110 g/mol. The number of methoxy groups -OCH3 is 1. The van der Waals surface area contributed by atoms with Crippen molar-refractivity contribution in [1.29, 1.82) is 0 Å². The predicted octanol–water partition coefficient (Wildman–Crippen LogP) is 9.67. The van der Waals surface area contributed by atoms with Gasteiger partial charge in [-0.05, 0) is 111 Å². The van der Waals surface area contributed by atoms with E-state index in [4.69, 9.17) is 51.1 Å². The van der Waals surface area contributed by atoms with Crippen molar-refractivity contribution >= 4 is 77.2 Å². The molecule has 0 aromatic heterocycles. The Kier molecular flexibility index (Phi) is 41.2. The minimum absolute atomic E-state index is 0.124. The first-order chi connectivity index (χ1) is 37.4. The maximum atomic E-state index is 12.0. The fourth-order valence-corrected chi connectivity index (χ4v) is 4.61. The molecule has 2 rings (SSSR count). The number of aliphatic carboxylic acids is 8. The Labute approximate surface area is 483 Å². The third-order valence-electron chi connectivity index (χ3n) is 14.3. The molecule has 0 bridgehead atoms. The van der Waals surface area contributed by atoms with E-state index in [0.29, 0.717) is 31.9 Å². The Bertz CT molecular complexity index is 2240. The highest BCUT2D eigenvalue weighted by Crippen LogP contribution is 2.40. The second-order valence-electron chi connectivity index (χ2n) is 21.3. The van der Waals surface area contributed by atoms with E-state index in [2.05, 4.69) is 4.74 Å². The number of ether oxygens (including phenoxy) is 1. The number of halogens is 3. The summed E-state index contributed by atoms with van der Waals surface area (Å²) in [5.74, 6) is -12.6. The molecule has 1 aromatic carbocycles. The van der Waals surface area contributed by atoms with Crippen molar-refractivity contribution in [2.24, 2.45) is 56.7 Å². The highest BCUT2D eigenvalue weighted by molar-refractivity contribution is 6.21. The number of rotatable bonds is 20. The van der Waals surface area contributed by atoms with Gasteiger partial charge in [0.2, 0.25) is 11.8 Å². The number of aromatic carboxylic acids is 1. The maximum absolute atomic E-state index is 12.0. The fourth-order valence-electron chi connectivity index (χ4n) is 4.61. The van der Waals surface area contributed by atoms with Gasteiger partial charge in [-0.2, -0.15) is 13.2 Å². The number of aliphatic hydroxyl groups excluding tert-OH is 1. The van der Waals surface area contributed by atoms with Gasteiger partial charge in [0.05, 0.1) is 70.8 Å². The van der Waals surface area contributed by atoms with Crippen LogP contribution >= 0.6 is 0 Å². The first-order valence-electron chi connectivity index (χ1n) is 26.2. The lowest BCUT2D eigenvalue weighted by atomic mass is 9.84. The number of carbonyl (C=O) groups excluding carboxylic acids is 3. The Hall–Kier alpha value is -7.19. The van der Waals surface area contributed by atoms with Crippen LogP contribution in [0.15, 0.2) is 24.3 Å². The fraction of sp³-hybridized carbons (Fsp3) is 0.679. The number of esters is 1. The molecule has 27 heteroatoms. The number of aliphatic hydroxyl groups is 1. The topological polar surface area (TPSA) is 420 Å². The van der Waals surface area contributed by atoms with Crippen molar-refractivity contribution in [3.63, 3.8) is 0 Å². The third kappa shape index (κ3) is 31.2. The normalized spacial score (nSPS) is 16.6. The molecule has 2 amide bonds. The van der Waals surface area contributed by atoms with Gasteiger partial charge >= 0.3 is 65.9 Å². The molecule has 1 aliphatic rings. The Morgan fingerprint density at radius 1 is 0.542 bits per heavy atom. The molecular formula is C56H92F3NO23. The molecule has 0 aliphatic carbocycles. The van der Waals surface area contributed by atoms with Crippen molar-refractivity contribution < 1.29 is 127 Å². The number of anilines is 1. The van der Waals surface area contributed by atoms with E-state index in [-0.39, 0.29) is 59.5 Å². The van der Waals surface area contributed by atoms with Gasteiger partial charge in [0, 0.05) is 11.8 Å². The van der Waals surface area contributed by atoms with Crippen LogP contribution in [0.3, 0.4) is 0 Å². The van der Waals surface area contributed by atoms with Gasteiger partial charge in [-0.1, -0.05) is 76.2 Å². The lowest BCUT2D eigenvalue weighted by molar-refractivity contribution is -0.227. The van der Waals surface area contributed by atoms with Gasteiger partial charge in [-0.15, -0.1) is 0 Å². The van der Waals surface area contributed by atoms with Crippen molar-refractivity contribution in [3.05, 3.63) is 29.8 Å². The molecule has 1 aliphatic heterocycles. The molecule has 83 heavy (non-hydrogen) atoms. The number of nitrogens with zero attached hydrogens (tertiary/aromatic N) is 1. The predicted molar refractivity (Wildman–Crippen MR) is 296 cm³/mol. The largest absolute Gasteiger partial charge is 0.481 e. The van der Waals surface area contributed by atoms with Crippen molar-refractivity contribution in [3.8, 4) is 0 Å². The van der Waals surface area contributed by atoms with Crippen LogP contribution in [0, 0.1) is 56.7 Å². The van der Waals surface area contributed by atoms with Gasteiger partial charge in [0.25, 0.3) is 0 Å². The molecule has 8 atom stereocenters. The molecule has 1 aromatic rings. The summed E-state index contributed by atoms with van der Waals surface area (Å²) < 4.78 is 40.5. The number of carbonyl (C=O) groups is 12. The number of benzene rings is 1. The summed E-state index contributed by atoms with van der Waals surface area (Å²) in [5.41, 5.74) is -4.97. The minimum atomic E-state index is -4.67. The van der Waals surface area contributed by atoms with E-state index in [0.717, 1.165) is 17.7 Å². The summed E-state index contributed by atoms with van der Waals surface area (Å²) in [6, 6.07) is 5.71. The second kappa shape index (κ2) is 39.3. The number of hydrogen-bond donors (Lipinski definition) is 10. The average Bonchev–Trinajstić information content (AvgIpc) is 3.60. The van der Waals surface area contributed by atoms with Crippen LogP contribution in [0.2, 0.25) is 0 Å². The zero-order valence-corrected chi connectivity index (χ0v) is 51.2. The molecule has 8 unspecified atom stereocenters. The van der Waals surface area contributed by atoms with Gasteiger partial charge in [0.15, 0.2) is 5.41 Å². The van der Waals surface area contributed by atoms with Crippen molar-refractivity contribution in [2.45, 2.75) is 176 Å². The quantitative estimate of drug-likeness (QED) is 0.0429. The summed E-state index contributed by atoms with van der Waals surface area (Å²) in [5, 5.41) is 84.4. The molecule has 1 saturated heterocycles. The van der Waals surface area contributed by atoms with Crippen LogP contribution in [0.4, 0.5) is 18.9 Å². The summed E-state index contributed by atoms with van der Waals surface area (Å²) in [6.07, 6.45) is -2.44. The Morgan fingerprint density at radius 3 is 1.02 bits per heavy atom. The van der Waals surface area contributed by atoms with Crippen LogP contribution in [0.25, 0.3) is 0 Å². The standard InChI is InChI=1S/C13H13NO4.C7H12O4.C7H14O2.C6H9F3O2.C6H10O4.C6H12O3.C6H12O2.C5H10O2/c1-7-8(2)12(16)14(11(7)15)10-5-3-9(4-6-10)13(17)18;1-3-7(2,6(10)11)4-5(8)9;1-5-7(2,3)6(8)9-4;1-3-5(2,4(10)11)6(7,8)9;1-3(5(7)8)4(2)6(9)10;1-3-6(2,4-7)5(8)9;1-4-6(2,3)5(7)8;1-3-4(2)5(6)7/h3-8H,1-2H3,(H,17,18);3-4H2,1-2H3,(H,8,9)(H,10,11);5H2,1-4H3;3H2,1-2H3,(H,10,11);3-4H,1-2H3,(H,7,8)(H,9,10);7H,3-4H2,1-2H3,(H,8,9);4H2,1-3H3,(H,7,8);4H,3H2,1-2H3,(H,6,7). The van der Waals surface area contributed by atoms with Gasteiger partial charge in [0.1, 0.15) is 0 Å². The van der Waals surface area contributed by atoms with E-state index >= 15 is 0 Å². The molecule has 0 spiro atoms. The summed E-state index contributed by atoms with van der Waals surface area (Å²) in [7, 11) is 1.42. The smallest absolute Gasteiger partial charge is 0.404 e. The first kappa shape index (κ1) is 87.1. The maximum Gasteiger partial charge on any atom is 0.404 e. The summed E-state index contributed by atoms with van der Waals surface area (Å²) in [6.45, 7) is 28.7. The van der Waals surface area contributed by atoms with Crippen LogP contribution in [0.5, 0.6) is 0 Å².